The van der Waals surface area contributed by atoms with Gasteiger partial charge in [0.1, 0.15) is 12.4 Å². The van der Waals surface area contributed by atoms with Gasteiger partial charge in [0.2, 0.25) is 0 Å². The largest absolute Gasteiger partial charge is 0.490 e. The number of carbonyl (C=O) groups is 1. The lowest BCUT2D eigenvalue weighted by molar-refractivity contribution is 0.256. The molecule has 1 aliphatic rings. The van der Waals surface area contributed by atoms with Crippen LogP contribution in [0.2, 0.25) is 0 Å². The molecule has 0 radical (unpaired) electrons. The van der Waals surface area contributed by atoms with Crippen LogP contribution in [0.4, 0.5) is 21.9 Å². The Morgan fingerprint density at radius 2 is 1.80 bits per heavy atom. The second-order valence-corrected chi connectivity index (χ2v) is 8.88. The van der Waals surface area contributed by atoms with Gasteiger partial charge in [0, 0.05) is 30.9 Å². The Hall–Kier alpha value is -4.10. The van der Waals surface area contributed by atoms with Gasteiger partial charge in [0.15, 0.2) is 0 Å². The number of carbonyl (C=O) groups excluding carboxylic acids is 1. The standard InChI is InChI=1S/C28H29N5O2/c1-31(2)15-16-32-17-18-35-27-10-7-21(19-26(27)32)33(28(29)34)25-9-8-22(20-11-13-30-14-12-20)23-5-3-4-6-24(23)25/h3-14,19H,15-18H2,1-2H3,(H2,29,34). The van der Waals surface area contributed by atoms with Crippen LogP contribution in [-0.4, -0.2) is 56.3 Å². The molecule has 0 bridgehead atoms. The quantitative estimate of drug-likeness (QED) is 0.438. The minimum absolute atomic E-state index is 0.539. The normalized spacial score (nSPS) is 12.9. The van der Waals surface area contributed by atoms with Crippen LogP contribution in [0.5, 0.6) is 5.75 Å². The Balaban J connectivity index is 1.61. The van der Waals surface area contributed by atoms with Gasteiger partial charge in [-0.1, -0.05) is 30.3 Å². The molecule has 1 aromatic heterocycles. The van der Waals surface area contributed by atoms with Crippen molar-refractivity contribution >= 4 is 33.9 Å². The van der Waals surface area contributed by atoms with E-state index < -0.39 is 6.03 Å². The number of pyridine rings is 1. The average Bonchev–Trinajstić information content (AvgIpc) is 2.88. The number of anilines is 3. The molecule has 5 rings (SSSR count). The SMILES string of the molecule is CN(C)CCN1CCOc2ccc(N(C(N)=O)c3ccc(-c4ccncc4)c4ccccc34)cc21. The zero-order chi connectivity index (χ0) is 24.4. The number of ether oxygens (including phenoxy) is 1. The monoisotopic (exact) mass is 467 g/mol. The molecule has 0 atom stereocenters. The second-order valence-electron chi connectivity index (χ2n) is 8.88. The topological polar surface area (TPSA) is 74.9 Å². The molecule has 4 aromatic rings. The van der Waals surface area contributed by atoms with Crippen molar-refractivity contribution in [1.82, 2.24) is 9.88 Å². The highest BCUT2D eigenvalue weighted by Gasteiger charge is 2.24. The van der Waals surface area contributed by atoms with E-state index in [1.807, 2.05) is 60.7 Å². The lowest BCUT2D eigenvalue weighted by atomic mass is 9.97. The van der Waals surface area contributed by atoms with Crippen molar-refractivity contribution in [1.29, 1.82) is 0 Å². The van der Waals surface area contributed by atoms with Gasteiger partial charge in [0.25, 0.3) is 0 Å². The fourth-order valence-corrected chi connectivity index (χ4v) is 4.60. The van der Waals surface area contributed by atoms with Crippen molar-refractivity contribution in [2.75, 3.05) is 50.1 Å². The van der Waals surface area contributed by atoms with Crippen LogP contribution in [0.3, 0.4) is 0 Å². The van der Waals surface area contributed by atoms with Crippen LogP contribution >= 0.6 is 0 Å². The smallest absolute Gasteiger partial charge is 0.323 e. The highest BCUT2D eigenvalue weighted by atomic mass is 16.5. The first kappa shape index (κ1) is 22.7. The summed E-state index contributed by atoms with van der Waals surface area (Å²) < 4.78 is 5.90. The van der Waals surface area contributed by atoms with Gasteiger partial charge >= 0.3 is 6.03 Å². The molecule has 7 heteroatoms. The van der Waals surface area contributed by atoms with Gasteiger partial charge in [0.05, 0.1) is 23.6 Å². The lowest BCUT2D eigenvalue weighted by Gasteiger charge is -2.33. The van der Waals surface area contributed by atoms with Gasteiger partial charge in [-0.15, -0.1) is 0 Å². The number of amides is 2. The fraction of sp³-hybridized carbons (Fsp3) is 0.214. The molecule has 0 aliphatic carbocycles. The Labute approximate surface area is 205 Å². The Kier molecular flexibility index (Phi) is 6.25. The molecule has 178 valence electrons. The third kappa shape index (κ3) is 4.50. The molecule has 2 N–H and O–H groups in total. The molecule has 0 spiro atoms. The predicted molar refractivity (Wildman–Crippen MR) is 142 cm³/mol. The average molecular weight is 468 g/mol. The van der Waals surface area contributed by atoms with Gasteiger partial charge in [-0.3, -0.25) is 9.88 Å². The third-order valence-electron chi connectivity index (χ3n) is 6.33. The summed E-state index contributed by atoms with van der Waals surface area (Å²) in [4.78, 5) is 23.0. The Morgan fingerprint density at radius 3 is 2.54 bits per heavy atom. The number of hydrogen-bond donors (Lipinski definition) is 1. The first-order valence-electron chi connectivity index (χ1n) is 11.7. The van der Waals surface area contributed by atoms with Crippen molar-refractivity contribution < 1.29 is 9.53 Å². The molecule has 0 saturated heterocycles. The van der Waals surface area contributed by atoms with E-state index in [0.29, 0.717) is 12.3 Å². The van der Waals surface area contributed by atoms with E-state index in [0.717, 1.165) is 58.7 Å². The summed E-state index contributed by atoms with van der Waals surface area (Å²) in [5.74, 6) is 0.820. The zero-order valence-corrected chi connectivity index (χ0v) is 20.0. The number of nitrogens with zero attached hydrogens (tertiary/aromatic N) is 4. The van der Waals surface area contributed by atoms with Gasteiger partial charge in [-0.2, -0.15) is 0 Å². The molecule has 0 saturated carbocycles. The summed E-state index contributed by atoms with van der Waals surface area (Å²) in [5, 5.41) is 1.98. The maximum atomic E-state index is 12.9. The summed E-state index contributed by atoms with van der Waals surface area (Å²) in [6.07, 6.45) is 3.57. The fourth-order valence-electron chi connectivity index (χ4n) is 4.60. The van der Waals surface area contributed by atoms with Crippen molar-refractivity contribution in [2.24, 2.45) is 5.73 Å². The molecule has 7 nitrogen and oxygen atoms in total. The number of urea groups is 1. The third-order valence-corrected chi connectivity index (χ3v) is 6.33. The van der Waals surface area contributed by atoms with E-state index in [-0.39, 0.29) is 0 Å². The van der Waals surface area contributed by atoms with Gasteiger partial charge in [-0.25, -0.2) is 4.79 Å². The Morgan fingerprint density at radius 1 is 1.03 bits per heavy atom. The molecule has 3 aromatic carbocycles. The second kappa shape index (κ2) is 9.64. The first-order chi connectivity index (χ1) is 17.0. The van der Waals surface area contributed by atoms with Crippen LogP contribution < -0.4 is 20.3 Å². The van der Waals surface area contributed by atoms with E-state index in [2.05, 4.69) is 34.9 Å². The van der Waals surface area contributed by atoms with Crippen LogP contribution in [-0.2, 0) is 0 Å². The van der Waals surface area contributed by atoms with Gasteiger partial charge in [-0.05, 0) is 67.0 Å². The predicted octanol–water partition coefficient (Wildman–Crippen LogP) is 4.88. The highest BCUT2D eigenvalue weighted by Crippen LogP contribution is 2.41. The number of likely N-dealkylation sites (N-methyl/N-ethyl adjacent to an activating group) is 1. The number of rotatable bonds is 6. The van der Waals surface area contributed by atoms with E-state index in [1.54, 1.807) is 17.3 Å². The van der Waals surface area contributed by atoms with Crippen molar-refractivity contribution in [3.63, 3.8) is 0 Å². The van der Waals surface area contributed by atoms with Crippen molar-refractivity contribution in [3.05, 3.63) is 79.1 Å². The molecular weight excluding hydrogens is 438 g/mol. The number of primary amides is 1. The van der Waals surface area contributed by atoms with Crippen molar-refractivity contribution in [3.8, 4) is 16.9 Å². The molecule has 2 heterocycles. The lowest BCUT2D eigenvalue weighted by Crippen LogP contribution is -2.38. The van der Waals surface area contributed by atoms with Crippen LogP contribution in [0.15, 0.2) is 79.1 Å². The van der Waals surface area contributed by atoms with Crippen molar-refractivity contribution in [2.45, 2.75) is 0 Å². The summed E-state index contributed by atoms with van der Waals surface area (Å²) in [7, 11) is 4.13. The maximum absolute atomic E-state index is 12.9. The van der Waals surface area contributed by atoms with E-state index in [1.165, 1.54) is 0 Å². The molecule has 2 amide bonds. The number of aromatic nitrogens is 1. The summed E-state index contributed by atoms with van der Waals surface area (Å²) in [6.45, 7) is 3.22. The molecule has 35 heavy (non-hydrogen) atoms. The minimum Gasteiger partial charge on any atom is -0.490 e. The minimum atomic E-state index is -0.539. The number of nitrogens with two attached hydrogens (primary N) is 1. The number of fused-ring (bicyclic) bond motifs is 2. The van der Waals surface area contributed by atoms with E-state index >= 15 is 0 Å². The first-order valence-corrected chi connectivity index (χ1v) is 11.7. The van der Waals surface area contributed by atoms with Gasteiger partial charge < -0.3 is 20.3 Å². The molecular formula is C28H29N5O2. The van der Waals surface area contributed by atoms with E-state index in [9.17, 15) is 4.79 Å². The maximum Gasteiger partial charge on any atom is 0.323 e. The van der Waals surface area contributed by atoms with Crippen LogP contribution in [0.1, 0.15) is 0 Å². The van der Waals surface area contributed by atoms with E-state index in [4.69, 9.17) is 10.5 Å². The molecule has 0 fully saturated rings. The summed E-state index contributed by atoms with van der Waals surface area (Å²) in [5.41, 5.74) is 10.5. The highest BCUT2D eigenvalue weighted by molar-refractivity contribution is 6.11. The summed E-state index contributed by atoms with van der Waals surface area (Å²) in [6, 6.07) is 21.3. The molecule has 1 aliphatic heterocycles. The van der Waals surface area contributed by atoms with Crippen LogP contribution in [0, 0.1) is 0 Å². The molecule has 0 unspecified atom stereocenters. The summed E-state index contributed by atoms with van der Waals surface area (Å²) >= 11 is 0. The number of benzene rings is 3. The number of hydrogen-bond acceptors (Lipinski definition) is 5. The zero-order valence-electron chi connectivity index (χ0n) is 20.0. The van der Waals surface area contributed by atoms with Crippen LogP contribution in [0.25, 0.3) is 21.9 Å². The Bertz CT molecular complexity index is 1360.